The molecule has 2 heterocycles. The molecule has 0 unspecified atom stereocenters. The Morgan fingerprint density at radius 1 is 1.00 bits per heavy atom. The van der Waals surface area contributed by atoms with Gasteiger partial charge in [0.15, 0.2) is 0 Å². The molecule has 2 aromatic carbocycles. The fraction of sp³-hybridized carbons (Fsp3) is 0.154. The molecule has 0 radical (unpaired) electrons. The number of imide groups is 1. The van der Waals surface area contributed by atoms with Gasteiger partial charge in [-0.15, -0.1) is 0 Å². The van der Waals surface area contributed by atoms with Crippen molar-refractivity contribution < 1.29 is 9.59 Å². The Hall–Kier alpha value is -4.24. The van der Waals surface area contributed by atoms with Crippen molar-refractivity contribution in [2.24, 2.45) is 0 Å². The van der Waals surface area contributed by atoms with Gasteiger partial charge >= 0.3 is 0 Å². The van der Waals surface area contributed by atoms with Gasteiger partial charge in [-0.1, -0.05) is 48.0 Å². The van der Waals surface area contributed by atoms with Crippen LogP contribution in [0.25, 0.3) is 23.0 Å². The molecule has 0 saturated carbocycles. The average molecular weight is 422 g/mol. The number of carbonyl (C=O) groups is 2. The first-order valence-corrected chi connectivity index (χ1v) is 10.4. The molecular formula is C26H22N4O2. The molecule has 1 aromatic heterocycles. The number of carbonyl (C=O) groups excluding carboxylic acids is 2. The first-order chi connectivity index (χ1) is 15.4. The molecule has 6 nitrogen and oxygen atoms in total. The summed E-state index contributed by atoms with van der Waals surface area (Å²) in [7, 11) is 0. The fourth-order valence-corrected chi connectivity index (χ4v) is 3.71. The van der Waals surface area contributed by atoms with Crippen molar-refractivity contribution in [1.82, 2.24) is 14.7 Å². The molecule has 0 atom stereocenters. The van der Waals surface area contributed by atoms with E-state index in [1.165, 1.54) is 0 Å². The maximum absolute atomic E-state index is 13.1. The van der Waals surface area contributed by atoms with Crippen LogP contribution in [0.5, 0.6) is 0 Å². The van der Waals surface area contributed by atoms with Crippen LogP contribution in [0.1, 0.15) is 25.0 Å². The number of hydrogen-bond donors (Lipinski definition) is 0. The second-order valence-electron chi connectivity index (χ2n) is 7.60. The van der Waals surface area contributed by atoms with Gasteiger partial charge in [-0.3, -0.25) is 14.5 Å². The molecule has 4 rings (SSSR count). The Kier molecular flexibility index (Phi) is 5.57. The monoisotopic (exact) mass is 422 g/mol. The number of nitrogens with zero attached hydrogens (tertiary/aromatic N) is 4. The molecular weight excluding hydrogens is 400 g/mol. The summed E-state index contributed by atoms with van der Waals surface area (Å²) in [5, 5.41) is 14.3. The van der Waals surface area contributed by atoms with E-state index in [1.54, 1.807) is 24.6 Å². The normalized spacial score (nSPS) is 15.4. The Balaban J connectivity index is 1.93. The van der Waals surface area contributed by atoms with Gasteiger partial charge in [-0.25, -0.2) is 4.68 Å². The minimum Gasteiger partial charge on any atom is -0.274 e. The molecule has 158 valence electrons. The van der Waals surface area contributed by atoms with Gasteiger partial charge in [0.25, 0.3) is 11.8 Å². The van der Waals surface area contributed by atoms with Crippen LogP contribution in [0.4, 0.5) is 0 Å². The third kappa shape index (κ3) is 3.65. The number of rotatable bonds is 4. The quantitative estimate of drug-likeness (QED) is 0.459. The second kappa shape index (κ2) is 8.48. The third-order valence-electron chi connectivity index (χ3n) is 5.53. The summed E-state index contributed by atoms with van der Waals surface area (Å²) in [6, 6.07) is 19.7. The van der Waals surface area contributed by atoms with Gasteiger partial charge in [-0.05, 0) is 44.6 Å². The zero-order chi connectivity index (χ0) is 22.8. The smallest absolute Gasteiger partial charge is 0.271 e. The number of likely N-dealkylation sites (N-methyl/N-ethyl adjacent to an activating group) is 1. The summed E-state index contributed by atoms with van der Waals surface area (Å²) < 4.78 is 1.77. The van der Waals surface area contributed by atoms with E-state index >= 15 is 0 Å². The van der Waals surface area contributed by atoms with Crippen molar-refractivity contribution in [3.8, 4) is 23.0 Å². The van der Waals surface area contributed by atoms with Gasteiger partial charge in [0.2, 0.25) is 0 Å². The highest BCUT2D eigenvalue weighted by atomic mass is 16.2. The average Bonchev–Trinajstić information content (AvgIpc) is 3.22. The minimum absolute atomic E-state index is 0.00922. The molecule has 0 fully saturated rings. The van der Waals surface area contributed by atoms with E-state index in [1.807, 2.05) is 73.8 Å². The summed E-state index contributed by atoms with van der Waals surface area (Å²) >= 11 is 0. The number of hydrogen-bond acceptors (Lipinski definition) is 4. The lowest BCUT2D eigenvalue weighted by Gasteiger charge is -2.26. The Morgan fingerprint density at radius 2 is 1.69 bits per heavy atom. The largest absolute Gasteiger partial charge is 0.274 e. The third-order valence-corrected chi connectivity index (χ3v) is 5.53. The highest BCUT2D eigenvalue weighted by Crippen LogP contribution is 2.31. The van der Waals surface area contributed by atoms with E-state index in [0.717, 1.165) is 27.3 Å². The van der Waals surface area contributed by atoms with Crippen molar-refractivity contribution in [2.45, 2.75) is 20.8 Å². The molecule has 0 saturated heterocycles. The zero-order valence-corrected chi connectivity index (χ0v) is 18.2. The summed E-state index contributed by atoms with van der Waals surface area (Å²) in [6.07, 6.45) is 3.59. The molecule has 6 heteroatoms. The number of amides is 2. The standard InChI is InChI=1S/C26H22N4O2/c1-4-29-25(31)22(18(3)23(15-27)26(29)32)14-20-16-30(21-8-6-5-7-9-21)28-24(20)19-12-10-17(2)11-13-19/h5-14,16H,4H2,1-3H3/b22-14+. The first kappa shape index (κ1) is 21.0. The maximum Gasteiger partial charge on any atom is 0.271 e. The topological polar surface area (TPSA) is 79.0 Å². The SMILES string of the molecule is CCN1C(=O)C(C#N)=C(C)/C(=C\c2cn(-c3ccccc3)nc2-c2ccc(C)cc2)C1=O. The Morgan fingerprint density at radius 3 is 2.31 bits per heavy atom. The molecule has 32 heavy (non-hydrogen) atoms. The Labute approximate surface area is 186 Å². The number of para-hydroxylation sites is 1. The van der Waals surface area contributed by atoms with Gasteiger partial charge in [0.05, 0.1) is 11.4 Å². The van der Waals surface area contributed by atoms with Crippen LogP contribution in [0.2, 0.25) is 0 Å². The van der Waals surface area contributed by atoms with Crippen molar-refractivity contribution in [3.63, 3.8) is 0 Å². The summed E-state index contributed by atoms with van der Waals surface area (Å²) in [5.41, 5.74) is 5.06. The summed E-state index contributed by atoms with van der Waals surface area (Å²) in [6.45, 7) is 5.57. The van der Waals surface area contributed by atoms with Crippen molar-refractivity contribution in [1.29, 1.82) is 5.26 Å². The van der Waals surface area contributed by atoms with Gasteiger partial charge in [-0.2, -0.15) is 10.4 Å². The zero-order valence-electron chi connectivity index (χ0n) is 18.2. The number of benzene rings is 2. The Bertz CT molecular complexity index is 1310. The van der Waals surface area contributed by atoms with E-state index in [0.29, 0.717) is 16.8 Å². The predicted molar refractivity (Wildman–Crippen MR) is 122 cm³/mol. The minimum atomic E-state index is -0.548. The molecule has 3 aromatic rings. The van der Waals surface area contributed by atoms with Crippen LogP contribution >= 0.6 is 0 Å². The molecule has 0 spiro atoms. The van der Waals surface area contributed by atoms with Crippen molar-refractivity contribution in [3.05, 3.63) is 88.6 Å². The van der Waals surface area contributed by atoms with Crippen LogP contribution in [0, 0.1) is 18.3 Å². The molecule has 0 bridgehead atoms. The van der Waals surface area contributed by atoms with Crippen LogP contribution in [-0.2, 0) is 9.59 Å². The summed E-state index contributed by atoms with van der Waals surface area (Å²) in [4.78, 5) is 26.7. The molecule has 0 aliphatic carbocycles. The number of aromatic nitrogens is 2. The van der Waals surface area contributed by atoms with Crippen LogP contribution < -0.4 is 0 Å². The second-order valence-corrected chi connectivity index (χ2v) is 7.60. The fourth-order valence-electron chi connectivity index (χ4n) is 3.71. The molecule has 2 amide bonds. The van der Waals surface area contributed by atoms with Crippen LogP contribution in [0.15, 0.2) is 77.5 Å². The maximum atomic E-state index is 13.1. The highest BCUT2D eigenvalue weighted by Gasteiger charge is 2.34. The van der Waals surface area contributed by atoms with E-state index < -0.39 is 11.8 Å². The summed E-state index contributed by atoms with van der Waals surface area (Å²) in [5.74, 6) is -0.954. The number of nitriles is 1. The van der Waals surface area contributed by atoms with Crippen molar-refractivity contribution >= 4 is 17.9 Å². The van der Waals surface area contributed by atoms with E-state index in [9.17, 15) is 14.9 Å². The van der Waals surface area contributed by atoms with Gasteiger partial charge < -0.3 is 0 Å². The lowest BCUT2D eigenvalue weighted by molar-refractivity contribution is -0.140. The van der Waals surface area contributed by atoms with Crippen molar-refractivity contribution in [2.75, 3.05) is 6.54 Å². The number of aryl methyl sites for hydroxylation is 1. The van der Waals surface area contributed by atoms with Gasteiger partial charge in [0.1, 0.15) is 11.6 Å². The highest BCUT2D eigenvalue weighted by molar-refractivity contribution is 6.19. The van der Waals surface area contributed by atoms with E-state index in [-0.39, 0.29) is 12.1 Å². The van der Waals surface area contributed by atoms with Crippen LogP contribution in [-0.4, -0.2) is 33.0 Å². The predicted octanol–water partition coefficient (Wildman–Crippen LogP) is 4.46. The molecule has 1 aliphatic rings. The van der Waals surface area contributed by atoms with Crippen LogP contribution in [0.3, 0.4) is 0 Å². The van der Waals surface area contributed by atoms with E-state index in [2.05, 4.69) is 0 Å². The first-order valence-electron chi connectivity index (χ1n) is 10.4. The molecule has 0 N–H and O–H groups in total. The lowest BCUT2D eigenvalue weighted by atomic mass is 9.93. The lowest BCUT2D eigenvalue weighted by Crippen LogP contribution is -2.42. The molecule has 1 aliphatic heterocycles. The van der Waals surface area contributed by atoms with Gasteiger partial charge in [0, 0.05) is 29.4 Å². The van der Waals surface area contributed by atoms with E-state index in [4.69, 9.17) is 5.10 Å².